The molecule has 2 N–H and O–H groups in total. The number of hydrogen-bond donors (Lipinski definition) is 2. The van der Waals surface area contributed by atoms with Crippen LogP contribution in [0.5, 0.6) is 0 Å². The number of nitrogens with one attached hydrogen (secondary N) is 2. The monoisotopic (exact) mass is 388 g/mol. The van der Waals surface area contributed by atoms with Crippen molar-refractivity contribution in [3.63, 3.8) is 0 Å². The summed E-state index contributed by atoms with van der Waals surface area (Å²) in [6.45, 7) is 3.71. The summed E-state index contributed by atoms with van der Waals surface area (Å²) in [5.41, 5.74) is 0.684. The first kappa shape index (κ1) is 17.4. The molecule has 2 atom stereocenters. The summed E-state index contributed by atoms with van der Waals surface area (Å²) in [6, 6.07) is 7.07. The first-order valence-electron chi connectivity index (χ1n) is 7.31. The van der Waals surface area contributed by atoms with Gasteiger partial charge in [-0.15, -0.1) is 0 Å². The minimum Gasteiger partial charge on any atom is -0.351 e. The average Bonchev–Trinajstić information content (AvgIpc) is 2.43. The number of carbonyl (C=O) groups is 1. The van der Waals surface area contributed by atoms with Crippen molar-refractivity contribution in [2.75, 3.05) is 18.8 Å². The van der Waals surface area contributed by atoms with E-state index in [0.717, 1.165) is 17.4 Å². The summed E-state index contributed by atoms with van der Waals surface area (Å²) >= 11 is 3.31. The van der Waals surface area contributed by atoms with Crippen LogP contribution in [0.2, 0.25) is 0 Å². The highest BCUT2D eigenvalue weighted by Crippen LogP contribution is 2.14. The van der Waals surface area contributed by atoms with Crippen molar-refractivity contribution in [3.8, 4) is 0 Å². The topological polar surface area (TPSA) is 75.3 Å². The number of carbonyl (C=O) groups excluding carboxylic acids is 1. The molecule has 0 spiro atoms. The Balaban J connectivity index is 1.90. The van der Waals surface area contributed by atoms with Gasteiger partial charge < -0.3 is 10.6 Å². The molecule has 0 aliphatic carbocycles. The van der Waals surface area contributed by atoms with E-state index in [9.17, 15) is 13.2 Å². The highest BCUT2D eigenvalue weighted by Gasteiger charge is 2.25. The van der Waals surface area contributed by atoms with Gasteiger partial charge in [0.05, 0.1) is 5.75 Å². The molecule has 0 saturated carbocycles. The van der Waals surface area contributed by atoms with Gasteiger partial charge in [0.2, 0.25) is 5.91 Å². The fraction of sp³-hybridized carbons (Fsp3) is 0.533. The second kappa shape index (κ2) is 7.57. The molecule has 2 unspecified atom stereocenters. The zero-order valence-electron chi connectivity index (χ0n) is 12.5. The predicted molar refractivity (Wildman–Crippen MR) is 90.2 cm³/mol. The lowest BCUT2D eigenvalue weighted by Crippen LogP contribution is -2.51. The average molecular weight is 389 g/mol. The molecule has 0 aromatic heterocycles. The Morgan fingerprint density at radius 1 is 1.36 bits per heavy atom. The summed E-state index contributed by atoms with van der Waals surface area (Å²) in [7, 11) is -3.46. The normalized spacial score (nSPS) is 22.3. The number of hydrogen-bond acceptors (Lipinski definition) is 4. The predicted octanol–water partition coefficient (Wildman–Crippen LogP) is 1.48. The number of halogens is 1. The molecule has 1 heterocycles. The SMILES string of the molecule is CC1CCNCC1NC(=O)CS(=O)(=O)Cc1ccc(Br)cc1. The Bertz CT molecular complexity index is 616. The lowest BCUT2D eigenvalue weighted by molar-refractivity contribution is -0.119. The molecule has 1 aliphatic heterocycles. The van der Waals surface area contributed by atoms with Crippen molar-refractivity contribution in [2.24, 2.45) is 5.92 Å². The summed E-state index contributed by atoms with van der Waals surface area (Å²) in [4.78, 5) is 12.0. The van der Waals surface area contributed by atoms with E-state index in [0.29, 0.717) is 18.0 Å². The first-order valence-corrected chi connectivity index (χ1v) is 9.92. The van der Waals surface area contributed by atoms with Gasteiger partial charge in [0, 0.05) is 17.1 Å². The second-order valence-corrected chi connectivity index (χ2v) is 8.78. The molecule has 7 heteroatoms. The van der Waals surface area contributed by atoms with Gasteiger partial charge in [-0.2, -0.15) is 0 Å². The number of benzene rings is 1. The van der Waals surface area contributed by atoms with Crippen LogP contribution in [0.3, 0.4) is 0 Å². The summed E-state index contributed by atoms with van der Waals surface area (Å²) < 4.78 is 25.2. The third-order valence-electron chi connectivity index (χ3n) is 3.82. The largest absolute Gasteiger partial charge is 0.351 e. The van der Waals surface area contributed by atoms with E-state index >= 15 is 0 Å². The molecule has 1 fully saturated rings. The number of amides is 1. The zero-order valence-corrected chi connectivity index (χ0v) is 14.9. The summed E-state index contributed by atoms with van der Waals surface area (Å²) in [5, 5.41) is 6.04. The van der Waals surface area contributed by atoms with Crippen LogP contribution in [0.25, 0.3) is 0 Å². The van der Waals surface area contributed by atoms with E-state index in [1.54, 1.807) is 24.3 Å². The van der Waals surface area contributed by atoms with Crippen LogP contribution in [0.15, 0.2) is 28.7 Å². The van der Waals surface area contributed by atoms with Gasteiger partial charge >= 0.3 is 0 Å². The lowest BCUT2D eigenvalue weighted by atomic mass is 9.95. The van der Waals surface area contributed by atoms with E-state index in [2.05, 4.69) is 33.5 Å². The molecule has 1 aromatic rings. The lowest BCUT2D eigenvalue weighted by Gasteiger charge is -2.30. The van der Waals surface area contributed by atoms with E-state index < -0.39 is 21.5 Å². The third-order valence-corrected chi connectivity index (χ3v) is 5.83. The minimum atomic E-state index is -3.46. The van der Waals surface area contributed by atoms with E-state index in [1.807, 2.05) is 0 Å². The molecule has 1 amide bonds. The number of rotatable bonds is 5. The van der Waals surface area contributed by atoms with Crippen molar-refractivity contribution >= 4 is 31.7 Å². The maximum atomic E-state index is 12.1. The highest BCUT2D eigenvalue weighted by atomic mass is 79.9. The molecule has 0 bridgehead atoms. The van der Waals surface area contributed by atoms with Crippen LogP contribution in [0, 0.1) is 5.92 Å². The first-order chi connectivity index (χ1) is 10.4. The van der Waals surface area contributed by atoms with Gasteiger partial charge in [0.15, 0.2) is 9.84 Å². The molecule has 0 radical (unpaired) electrons. The third kappa shape index (κ3) is 5.37. The van der Waals surface area contributed by atoms with Crippen LogP contribution < -0.4 is 10.6 Å². The molecular formula is C15H21BrN2O3S. The van der Waals surface area contributed by atoms with Crippen LogP contribution >= 0.6 is 15.9 Å². The van der Waals surface area contributed by atoms with Gasteiger partial charge in [-0.3, -0.25) is 4.79 Å². The minimum absolute atomic E-state index is 0.00382. The van der Waals surface area contributed by atoms with E-state index in [1.165, 1.54) is 0 Å². The Hall–Kier alpha value is -0.920. The van der Waals surface area contributed by atoms with Crippen LogP contribution in [-0.4, -0.2) is 39.2 Å². The molecule has 22 heavy (non-hydrogen) atoms. The van der Waals surface area contributed by atoms with Crippen molar-refractivity contribution in [1.29, 1.82) is 0 Å². The molecule has 5 nitrogen and oxygen atoms in total. The quantitative estimate of drug-likeness (QED) is 0.800. The van der Waals surface area contributed by atoms with Gasteiger partial charge in [0.1, 0.15) is 5.75 Å². The van der Waals surface area contributed by atoms with Gasteiger partial charge in [-0.1, -0.05) is 35.0 Å². The molecule has 122 valence electrons. The highest BCUT2D eigenvalue weighted by molar-refractivity contribution is 9.10. The molecule has 1 aromatic carbocycles. The van der Waals surface area contributed by atoms with E-state index in [4.69, 9.17) is 0 Å². The van der Waals surface area contributed by atoms with Crippen LogP contribution in [0.4, 0.5) is 0 Å². The van der Waals surface area contributed by atoms with Gasteiger partial charge in [-0.05, 0) is 36.6 Å². The van der Waals surface area contributed by atoms with Crippen molar-refractivity contribution < 1.29 is 13.2 Å². The summed E-state index contributed by atoms with van der Waals surface area (Å²) in [5.74, 6) is -0.643. The van der Waals surface area contributed by atoms with Crippen LogP contribution in [-0.2, 0) is 20.4 Å². The number of sulfone groups is 1. The fourth-order valence-electron chi connectivity index (χ4n) is 2.52. The standard InChI is InChI=1S/C15H21BrN2O3S/c1-11-6-7-17-8-14(11)18-15(19)10-22(20,21)9-12-2-4-13(16)5-3-12/h2-5,11,14,17H,6-10H2,1H3,(H,18,19). The van der Waals surface area contributed by atoms with Crippen molar-refractivity contribution in [1.82, 2.24) is 10.6 Å². The Kier molecular flexibility index (Phi) is 6.00. The number of piperidine rings is 1. The molecule has 2 rings (SSSR count). The maximum Gasteiger partial charge on any atom is 0.235 e. The second-order valence-electron chi connectivity index (χ2n) is 5.80. The summed E-state index contributed by atoms with van der Waals surface area (Å²) in [6.07, 6.45) is 0.983. The van der Waals surface area contributed by atoms with Crippen molar-refractivity contribution in [3.05, 3.63) is 34.3 Å². The molecular weight excluding hydrogens is 368 g/mol. The fourth-order valence-corrected chi connectivity index (χ4v) is 4.07. The van der Waals surface area contributed by atoms with Crippen LogP contribution in [0.1, 0.15) is 18.9 Å². The van der Waals surface area contributed by atoms with Crippen molar-refractivity contribution in [2.45, 2.75) is 25.1 Å². The molecule has 1 aliphatic rings. The van der Waals surface area contributed by atoms with Gasteiger partial charge in [-0.25, -0.2) is 8.42 Å². The van der Waals surface area contributed by atoms with Gasteiger partial charge in [0.25, 0.3) is 0 Å². The Morgan fingerprint density at radius 3 is 2.68 bits per heavy atom. The Labute approximate surface area is 139 Å². The maximum absolute atomic E-state index is 12.1. The molecule has 1 saturated heterocycles. The van der Waals surface area contributed by atoms with E-state index in [-0.39, 0.29) is 11.8 Å². The smallest absolute Gasteiger partial charge is 0.235 e. The zero-order chi connectivity index (χ0) is 16.2. The Morgan fingerprint density at radius 2 is 2.05 bits per heavy atom.